The van der Waals surface area contributed by atoms with Gasteiger partial charge in [-0.1, -0.05) is 20.8 Å². The second-order valence-electron chi connectivity index (χ2n) is 6.68. The number of amides is 2. The first-order chi connectivity index (χ1) is 9.46. The third-order valence-electron chi connectivity index (χ3n) is 3.07. The summed E-state index contributed by atoms with van der Waals surface area (Å²) in [5.41, 5.74) is -0.590. The number of nitrogens with zero attached hydrogens (tertiary/aromatic N) is 2. The molecule has 0 aliphatic heterocycles. The Kier molecular flexibility index (Phi) is 7.57. The summed E-state index contributed by atoms with van der Waals surface area (Å²) >= 11 is 0. The lowest BCUT2D eigenvalue weighted by molar-refractivity contribution is -0.146. The van der Waals surface area contributed by atoms with E-state index < -0.39 is 11.5 Å². The molecule has 122 valence electrons. The predicted molar refractivity (Wildman–Crippen MR) is 82.9 cm³/mol. The normalized spacial score (nSPS) is 13.0. The molecule has 6 heteroatoms. The van der Waals surface area contributed by atoms with Crippen LogP contribution in [0.2, 0.25) is 0 Å². The number of hydrogen-bond donors (Lipinski definition) is 1. The number of carbonyl (C=O) groups is 3. The molecule has 0 heterocycles. The summed E-state index contributed by atoms with van der Waals surface area (Å²) in [7, 11) is 5.40. The Morgan fingerprint density at radius 3 is 2.00 bits per heavy atom. The first kappa shape index (κ1) is 19.6. The highest BCUT2D eigenvalue weighted by atomic mass is 16.2. The fraction of sp³-hybridized carbons (Fsp3) is 0.800. The average molecular weight is 299 g/mol. The minimum atomic E-state index is -0.753. The lowest BCUT2D eigenvalue weighted by Gasteiger charge is -2.32. The van der Waals surface area contributed by atoms with E-state index in [1.165, 1.54) is 11.8 Å². The van der Waals surface area contributed by atoms with Gasteiger partial charge in [0.2, 0.25) is 11.8 Å². The molecule has 0 aliphatic rings. The molecule has 0 aromatic carbocycles. The molecule has 21 heavy (non-hydrogen) atoms. The molecule has 0 rings (SSSR count). The van der Waals surface area contributed by atoms with Crippen LogP contribution in [0, 0.1) is 5.41 Å². The highest BCUT2D eigenvalue weighted by Gasteiger charge is 2.33. The first-order valence-corrected chi connectivity index (χ1v) is 7.16. The van der Waals surface area contributed by atoms with Crippen molar-refractivity contribution in [2.75, 3.05) is 34.2 Å². The van der Waals surface area contributed by atoms with Crippen LogP contribution in [0.5, 0.6) is 0 Å². The summed E-state index contributed by atoms with van der Waals surface area (Å²) in [6.45, 7) is 7.99. The van der Waals surface area contributed by atoms with E-state index in [1.807, 2.05) is 19.0 Å². The molecule has 0 aromatic heterocycles. The topological polar surface area (TPSA) is 69.7 Å². The summed E-state index contributed by atoms with van der Waals surface area (Å²) in [5, 5.41) is 2.78. The van der Waals surface area contributed by atoms with Gasteiger partial charge in [0, 0.05) is 32.0 Å². The van der Waals surface area contributed by atoms with Crippen molar-refractivity contribution in [3.63, 3.8) is 0 Å². The van der Waals surface area contributed by atoms with E-state index in [0.29, 0.717) is 13.1 Å². The summed E-state index contributed by atoms with van der Waals surface area (Å²) in [4.78, 5) is 39.3. The number of carbonyl (C=O) groups excluding carboxylic acids is 3. The largest absolute Gasteiger partial charge is 0.353 e. The second kappa shape index (κ2) is 8.12. The van der Waals surface area contributed by atoms with Crippen LogP contribution in [0.4, 0.5) is 0 Å². The van der Waals surface area contributed by atoms with Crippen molar-refractivity contribution >= 4 is 17.6 Å². The number of Topliss-reactive ketones (excluding diaryl/α,β-unsaturated/α-hetero) is 1. The monoisotopic (exact) mass is 299 g/mol. The van der Waals surface area contributed by atoms with E-state index in [9.17, 15) is 14.4 Å². The standard InChI is InChI=1S/C15H29N3O3/c1-11(19)10-12(13(20)16-8-9-17(5)6)18(7)14(21)15(2,3)4/h12H,8-10H2,1-7H3,(H,16,20). The third-order valence-corrected chi connectivity index (χ3v) is 3.07. The highest BCUT2D eigenvalue weighted by Crippen LogP contribution is 2.19. The number of nitrogens with one attached hydrogen (secondary N) is 1. The van der Waals surface area contributed by atoms with Crippen molar-refractivity contribution in [1.29, 1.82) is 0 Å². The molecule has 0 aromatic rings. The van der Waals surface area contributed by atoms with Crippen molar-refractivity contribution in [3.05, 3.63) is 0 Å². The van der Waals surface area contributed by atoms with Gasteiger partial charge in [0.15, 0.2) is 0 Å². The van der Waals surface area contributed by atoms with Crippen LogP contribution >= 0.6 is 0 Å². The zero-order valence-electron chi connectivity index (χ0n) is 14.3. The lowest BCUT2D eigenvalue weighted by atomic mass is 9.93. The van der Waals surface area contributed by atoms with Gasteiger partial charge in [-0.25, -0.2) is 0 Å². The smallest absolute Gasteiger partial charge is 0.243 e. The predicted octanol–water partition coefficient (Wildman–Crippen LogP) is 0.516. The van der Waals surface area contributed by atoms with Crippen molar-refractivity contribution < 1.29 is 14.4 Å². The number of hydrogen-bond acceptors (Lipinski definition) is 4. The Balaban J connectivity index is 4.90. The summed E-state index contributed by atoms with van der Waals surface area (Å²) < 4.78 is 0. The van der Waals surface area contributed by atoms with Crippen molar-refractivity contribution in [2.45, 2.75) is 40.2 Å². The lowest BCUT2D eigenvalue weighted by Crippen LogP contribution is -2.52. The van der Waals surface area contributed by atoms with Gasteiger partial charge in [0.25, 0.3) is 0 Å². The van der Waals surface area contributed by atoms with E-state index in [4.69, 9.17) is 0 Å². The maximum absolute atomic E-state index is 12.3. The van der Waals surface area contributed by atoms with Crippen LogP contribution in [0.25, 0.3) is 0 Å². The minimum absolute atomic E-state index is 0.0338. The van der Waals surface area contributed by atoms with Crippen molar-refractivity contribution in [3.8, 4) is 0 Å². The van der Waals surface area contributed by atoms with E-state index >= 15 is 0 Å². The zero-order chi connectivity index (χ0) is 16.8. The molecule has 6 nitrogen and oxygen atoms in total. The van der Waals surface area contributed by atoms with E-state index in [-0.39, 0.29) is 24.0 Å². The SMILES string of the molecule is CC(=O)CC(C(=O)NCCN(C)C)N(C)C(=O)C(C)(C)C. The van der Waals surface area contributed by atoms with Gasteiger partial charge in [-0.15, -0.1) is 0 Å². The summed E-state index contributed by atoms with van der Waals surface area (Å²) in [6.07, 6.45) is 0.0338. The van der Waals surface area contributed by atoms with E-state index in [1.54, 1.807) is 27.8 Å². The Morgan fingerprint density at radius 1 is 1.10 bits per heavy atom. The first-order valence-electron chi connectivity index (χ1n) is 7.16. The Labute approximate surface area is 127 Å². The second-order valence-corrected chi connectivity index (χ2v) is 6.68. The molecular weight excluding hydrogens is 270 g/mol. The van der Waals surface area contributed by atoms with E-state index in [2.05, 4.69) is 5.32 Å². The molecule has 0 spiro atoms. The third kappa shape index (κ3) is 7.22. The van der Waals surface area contributed by atoms with E-state index in [0.717, 1.165) is 0 Å². The van der Waals surface area contributed by atoms with Gasteiger partial charge in [0.05, 0.1) is 0 Å². The molecule has 1 unspecified atom stereocenters. The van der Waals surface area contributed by atoms with Crippen LogP contribution in [0.15, 0.2) is 0 Å². The molecule has 0 bridgehead atoms. The van der Waals surface area contributed by atoms with Crippen LogP contribution in [-0.4, -0.2) is 67.7 Å². The Morgan fingerprint density at radius 2 is 1.62 bits per heavy atom. The Hall–Kier alpha value is -1.43. The quantitative estimate of drug-likeness (QED) is 0.744. The van der Waals surface area contributed by atoms with Crippen molar-refractivity contribution in [2.24, 2.45) is 5.41 Å². The van der Waals surface area contributed by atoms with Gasteiger partial charge >= 0.3 is 0 Å². The van der Waals surface area contributed by atoms with Crippen LogP contribution < -0.4 is 5.32 Å². The fourth-order valence-corrected chi connectivity index (χ4v) is 1.87. The molecule has 0 fully saturated rings. The molecule has 0 aliphatic carbocycles. The van der Waals surface area contributed by atoms with Gasteiger partial charge < -0.3 is 15.1 Å². The molecule has 0 saturated carbocycles. The zero-order valence-corrected chi connectivity index (χ0v) is 14.3. The van der Waals surface area contributed by atoms with Crippen molar-refractivity contribution in [1.82, 2.24) is 15.1 Å². The van der Waals surface area contributed by atoms with Gasteiger partial charge in [-0.3, -0.25) is 14.4 Å². The molecule has 0 radical (unpaired) electrons. The molecule has 1 atom stereocenters. The maximum Gasteiger partial charge on any atom is 0.243 e. The van der Waals surface area contributed by atoms with Gasteiger partial charge in [0.1, 0.15) is 11.8 Å². The van der Waals surface area contributed by atoms with Gasteiger partial charge in [-0.2, -0.15) is 0 Å². The summed E-state index contributed by atoms with van der Waals surface area (Å²) in [6, 6.07) is -0.753. The Bertz CT molecular complexity index is 386. The fourth-order valence-electron chi connectivity index (χ4n) is 1.87. The molecular formula is C15H29N3O3. The molecule has 2 amide bonds. The maximum atomic E-state index is 12.3. The molecule has 1 N–H and O–H groups in total. The minimum Gasteiger partial charge on any atom is -0.353 e. The molecule has 0 saturated heterocycles. The van der Waals surface area contributed by atoms with Crippen LogP contribution in [0.1, 0.15) is 34.1 Å². The van der Waals surface area contributed by atoms with Crippen LogP contribution in [0.3, 0.4) is 0 Å². The highest BCUT2D eigenvalue weighted by molar-refractivity contribution is 5.93. The number of rotatable bonds is 7. The average Bonchev–Trinajstić information content (AvgIpc) is 2.32. The van der Waals surface area contributed by atoms with Gasteiger partial charge in [-0.05, 0) is 21.0 Å². The number of ketones is 1. The number of likely N-dealkylation sites (N-methyl/N-ethyl adjacent to an activating group) is 2. The van der Waals surface area contributed by atoms with Crippen LogP contribution in [-0.2, 0) is 14.4 Å². The summed E-state index contributed by atoms with van der Waals surface area (Å²) in [5.74, 6) is -0.556.